The minimum absolute atomic E-state index is 0.0415. The van der Waals surface area contributed by atoms with E-state index in [9.17, 15) is 14.0 Å². The summed E-state index contributed by atoms with van der Waals surface area (Å²) < 4.78 is 18.0. The molecule has 0 aliphatic heterocycles. The first-order chi connectivity index (χ1) is 9.56. The van der Waals surface area contributed by atoms with Gasteiger partial charge >= 0.3 is 0 Å². The van der Waals surface area contributed by atoms with Crippen LogP contribution in [0.5, 0.6) is 5.75 Å². The van der Waals surface area contributed by atoms with E-state index in [0.717, 1.165) is 6.07 Å². The average Bonchev–Trinajstić information content (AvgIpc) is 2.42. The van der Waals surface area contributed by atoms with Crippen LogP contribution < -0.4 is 15.6 Å². The molecule has 0 aliphatic carbocycles. The maximum absolute atomic E-state index is 12.9. The average molecular weight is 297 g/mol. The quantitative estimate of drug-likeness (QED) is 0.908. The van der Waals surface area contributed by atoms with Crippen LogP contribution in [0.15, 0.2) is 41.3 Å². The summed E-state index contributed by atoms with van der Waals surface area (Å²) >= 11 is 5.59. The van der Waals surface area contributed by atoms with Crippen LogP contribution >= 0.6 is 11.6 Å². The van der Waals surface area contributed by atoms with E-state index in [1.165, 1.54) is 24.4 Å². The van der Waals surface area contributed by atoms with Crippen LogP contribution in [0.3, 0.4) is 0 Å². The number of anilines is 1. The van der Waals surface area contributed by atoms with Crippen LogP contribution in [0.4, 0.5) is 10.1 Å². The van der Waals surface area contributed by atoms with Crippen molar-refractivity contribution >= 4 is 23.2 Å². The summed E-state index contributed by atoms with van der Waals surface area (Å²) in [7, 11) is 0. The first kappa shape index (κ1) is 14.1. The second-order valence-corrected chi connectivity index (χ2v) is 4.24. The number of carbonyl (C=O) groups is 1. The second-order valence-electron chi connectivity index (χ2n) is 3.83. The van der Waals surface area contributed by atoms with Crippen molar-refractivity contribution in [1.82, 2.24) is 4.98 Å². The first-order valence-corrected chi connectivity index (χ1v) is 5.99. The van der Waals surface area contributed by atoms with E-state index < -0.39 is 17.3 Å². The molecule has 0 bridgehead atoms. The molecule has 0 aliphatic rings. The Balaban J connectivity index is 1.94. The number of amides is 1. The van der Waals surface area contributed by atoms with Crippen LogP contribution in [-0.4, -0.2) is 17.5 Å². The molecule has 0 saturated carbocycles. The number of hydrogen-bond donors (Lipinski definition) is 2. The number of aromatic nitrogens is 1. The molecule has 0 saturated heterocycles. The zero-order chi connectivity index (χ0) is 14.5. The van der Waals surface area contributed by atoms with E-state index in [4.69, 9.17) is 16.3 Å². The normalized spacial score (nSPS) is 10.1. The van der Waals surface area contributed by atoms with Crippen molar-refractivity contribution in [3.63, 3.8) is 0 Å². The molecule has 0 spiro atoms. The minimum atomic E-state index is -0.572. The lowest BCUT2D eigenvalue weighted by Gasteiger charge is -2.07. The lowest BCUT2D eigenvalue weighted by Crippen LogP contribution is -2.22. The highest BCUT2D eigenvalue weighted by molar-refractivity contribution is 6.31. The fourth-order valence-electron chi connectivity index (χ4n) is 1.43. The van der Waals surface area contributed by atoms with E-state index in [1.807, 2.05) is 0 Å². The minimum Gasteiger partial charge on any atom is -0.478 e. The summed E-state index contributed by atoms with van der Waals surface area (Å²) in [6.45, 7) is -0.345. The van der Waals surface area contributed by atoms with Crippen molar-refractivity contribution in [2.24, 2.45) is 0 Å². The summed E-state index contributed by atoms with van der Waals surface area (Å²) in [6.07, 6.45) is 1.45. The topological polar surface area (TPSA) is 71.2 Å². The SMILES string of the molecule is O=C(COc1ccc[nH]c1=O)Nc1ccc(F)c(Cl)c1. The van der Waals surface area contributed by atoms with Gasteiger partial charge in [-0.3, -0.25) is 9.59 Å². The number of hydrogen-bond acceptors (Lipinski definition) is 3. The van der Waals surface area contributed by atoms with Gasteiger partial charge in [0.1, 0.15) is 5.82 Å². The van der Waals surface area contributed by atoms with Gasteiger partial charge in [0, 0.05) is 11.9 Å². The Labute approximate surface area is 118 Å². The number of pyridine rings is 1. The van der Waals surface area contributed by atoms with E-state index >= 15 is 0 Å². The molecule has 1 aromatic carbocycles. The number of aromatic amines is 1. The van der Waals surface area contributed by atoms with Crippen molar-refractivity contribution in [3.05, 3.63) is 57.7 Å². The second kappa shape index (κ2) is 6.21. The predicted molar refractivity (Wildman–Crippen MR) is 72.6 cm³/mol. The van der Waals surface area contributed by atoms with Crippen molar-refractivity contribution in [2.75, 3.05) is 11.9 Å². The van der Waals surface area contributed by atoms with E-state index in [1.54, 1.807) is 6.07 Å². The zero-order valence-corrected chi connectivity index (χ0v) is 10.9. The highest BCUT2D eigenvalue weighted by atomic mass is 35.5. The summed E-state index contributed by atoms with van der Waals surface area (Å²) in [5.74, 6) is -1.02. The Kier molecular flexibility index (Phi) is 4.37. The monoisotopic (exact) mass is 296 g/mol. The molecule has 0 unspecified atom stereocenters. The van der Waals surface area contributed by atoms with Crippen LogP contribution in [0.1, 0.15) is 0 Å². The molecule has 1 aromatic heterocycles. The molecule has 0 atom stereocenters. The Hall–Kier alpha value is -2.34. The number of H-pyrrole nitrogens is 1. The Bertz CT molecular complexity index is 687. The Morgan fingerprint density at radius 3 is 2.90 bits per heavy atom. The van der Waals surface area contributed by atoms with E-state index in [2.05, 4.69) is 10.3 Å². The standard InChI is InChI=1S/C13H10ClFN2O3/c14-9-6-8(3-4-10(9)15)17-12(18)7-20-11-2-1-5-16-13(11)19/h1-6H,7H2,(H,16,19)(H,17,18). The molecule has 5 nitrogen and oxygen atoms in total. The van der Waals surface area contributed by atoms with Gasteiger partial charge in [0.05, 0.1) is 5.02 Å². The highest BCUT2D eigenvalue weighted by Gasteiger charge is 2.07. The molecule has 2 aromatic rings. The van der Waals surface area contributed by atoms with Gasteiger partial charge in [-0.1, -0.05) is 11.6 Å². The molecule has 0 fully saturated rings. The fraction of sp³-hybridized carbons (Fsp3) is 0.0769. The largest absolute Gasteiger partial charge is 0.478 e. The molecule has 1 amide bonds. The van der Waals surface area contributed by atoms with E-state index in [-0.39, 0.29) is 17.4 Å². The third-order valence-corrected chi connectivity index (χ3v) is 2.63. The maximum atomic E-state index is 12.9. The van der Waals surface area contributed by atoms with Crippen molar-refractivity contribution < 1.29 is 13.9 Å². The molecule has 1 heterocycles. The summed E-state index contributed by atoms with van der Waals surface area (Å²) in [5, 5.41) is 2.38. The molecule has 2 rings (SSSR count). The Morgan fingerprint density at radius 2 is 2.20 bits per heavy atom. The van der Waals surface area contributed by atoms with Crippen molar-refractivity contribution in [3.8, 4) is 5.75 Å². The van der Waals surface area contributed by atoms with Crippen molar-refractivity contribution in [2.45, 2.75) is 0 Å². The van der Waals surface area contributed by atoms with Crippen LogP contribution in [0.25, 0.3) is 0 Å². The molecule has 7 heteroatoms. The van der Waals surface area contributed by atoms with Gasteiger partial charge in [-0.25, -0.2) is 4.39 Å². The van der Waals surface area contributed by atoms with Crippen molar-refractivity contribution in [1.29, 1.82) is 0 Å². The number of benzene rings is 1. The van der Waals surface area contributed by atoms with E-state index in [0.29, 0.717) is 5.69 Å². The molecule has 0 radical (unpaired) electrons. The molecular weight excluding hydrogens is 287 g/mol. The molecule has 20 heavy (non-hydrogen) atoms. The van der Waals surface area contributed by atoms with Crippen LogP contribution in [0.2, 0.25) is 5.02 Å². The number of rotatable bonds is 4. The predicted octanol–water partition coefficient (Wildman–Crippen LogP) is 2.18. The van der Waals surface area contributed by atoms with Gasteiger partial charge in [0.15, 0.2) is 12.4 Å². The van der Waals surface area contributed by atoms with Gasteiger partial charge < -0.3 is 15.0 Å². The summed E-state index contributed by atoms with van der Waals surface area (Å²) in [6, 6.07) is 6.81. The molecule has 104 valence electrons. The number of carbonyl (C=O) groups excluding carboxylic acids is 1. The number of nitrogens with one attached hydrogen (secondary N) is 2. The van der Waals surface area contributed by atoms with Gasteiger partial charge in [0.2, 0.25) is 0 Å². The first-order valence-electron chi connectivity index (χ1n) is 5.61. The molecule has 2 N–H and O–H groups in total. The number of halogens is 2. The zero-order valence-electron chi connectivity index (χ0n) is 10.2. The van der Waals surface area contributed by atoms with Crippen LogP contribution in [-0.2, 0) is 4.79 Å². The van der Waals surface area contributed by atoms with Gasteiger partial charge in [0.25, 0.3) is 11.5 Å². The lowest BCUT2D eigenvalue weighted by atomic mass is 10.3. The van der Waals surface area contributed by atoms with Crippen LogP contribution in [0, 0.1) is 5.82 Å². The highest BCUT2D eigenvalue weighted by Crippen LogP contribution is 2.19. The summed E-state index contributed by atoms with van der Waals surface area (Å²) in [4.78, 5) is 25.3. The lowest BCUT2D eigenvalue weighted by molar-refractivity contribution is -0.118. The molecular formula is C13H10ClFN2O3. The van der Waals surface area contributed by atoms with Gasteiger partial charge in [-0.05, 0) is 30.3 Å². The Morgan fingerprint density at radius 1 is 1.40 bits per heavy atom. The third-order valence-electron chi connectivity index (χ3n) is 2.34. The maximum Gasteiger partial charge on any atom is 0.290 e. The third kappa shape index (κ3) is 3.58. The number of ether oxygens (including phenoxy) is 1. The summed E-state index contributed by atoms with van der Waals surface area (Å²) in [5.41, 5.74) is -0.0860. The fourth-order valence-corrected chi connectivity index (χ4v) is 1.61. The van der Waals surface area contributed by atoms with Gasteiger partial charge in [-0.2, -0.15) is 0 Å². The van der Waals surface area contributed by atoms with Gasteiger partial charge in [-0.15, -0.1) is 0 Å². The smallest absolute Gasteiger partial charge is 0.290 e.